The van der Waals surface area contributed by atoms with Crippen LogP contribution >= 0.6 is 0 Å². The maximum Gasteiger partial charge on any atom is 0.304 e. The normalized spacial score (nSPS) is 36.3. The van der Waals surface area contributed by atoms with E-state index in [1.807, 2.05) is 0 Å². The van der Waals surface area contributed by atoms with Crippen LogP contribution in [0.15, 0.2) is 0 Å². The van der Waals surface area contributed by atoms with Gasteiger partial charge in [-0.15, -0.1) is 0 Å². The highest BCUT2D eigenvalue weighted by molar-refractivity contribution is 7.75. The molecular formula is C9H18O10S2. The van der Waals surface area contributed by atoms with Crippen molar-refractivity contribution in [3.63, 3.8) is 0 Å². The second-order valence-electron chi connectivity index (χ2n) is 3.85. The van der Waals surface area contributed by atoms with Crippen molar-refractivity contribution < 1.29 is 44.8 Å². The van der Waals surface area contributed by atoms with Gasteiger partial charge in [-0.3, -0.25) is 16.7 Å². The molecule has 1 saturated heterocycles. The first kappa shape index (κ1) is 19.0. The van der Waals surface area contributed by atoms with Gasteiger partial charge in [-0.2, -0.15) is 8.42 Å². The number of rotatable bonds is 8. The highest BCUT2D eigenvalue weighted by Crippen LogP contribution is 2.25. The minimum atomic E-state index is -2.14. The minimum Gasteiger partial charge on any atom is -0.387 e. The highest BCUT2D eigenvalue weighted by Gasteiger charge is 2.47. The van der Waals surface area contributed by atoms with Crippen molar-refractivity contribution in [2.45, 2.75) is 30.7 Å². The summed E-state index contributed by atoms with van der Waals surface area (Å²) in [6, 6.07) is 0. The molecule has 0 bridgehead atoms. The van der Waals surface area contributed by atoms with Crippen molar-refractivity contribution in [2.75, 3.05) is 27.9 Å². The van der Waals surface area contributed by atoms with E-state index in [1.54, 1.807) is 0 Å². The van der Waals surface area contributed by atoms with Gasteiger partial charge < -0.3 is 19.7 Å². The third kappa shape index (κ3) is 5.28. The molecule has 2 N–H and O–H groups in total. The zero-order valence-corrected chi connectivity index (χ0v) is 13.2. The fraction of sp³-hybridized carbons (Fsp3) is 1.00. The number of aliphatic hydroxyl groups is 2. The summed E-state index contributed by atoms with van der Waals surface area (Å²) in [7, 11) is 3.58. The van der Waals surface area contributed by atoms with Crippen LogP contribution in [-0.2, 0) is 48.9 Å². The largest absolute Gasteiger partial charge is 0.387 e. The lowest BCUT2D eigenvalue weighted by Crippen LogP contribution is -2.60. The zero-order valence-electron chi connectivity index (χ0n) is 11.6. The van der Waals surface area contributed by atoms with Crippen LogP contribution < -0.4 is 0 Å². The summed E-state index contributed by atoms with van der Waals surface area (Å²) in [4.78, 5) is 0. The van der Waals surface area contributed by atoms with E-state index in [4.69, 9.17) is 17.8 Å². The van der Waals surface area contributed by atoms with E-state index in [2.05, 4.69) is 8.37 Å². The lowest BCUT2D eigenvalue weighted by Gasteiger charge is -2.40. The quantitative estimate of drug-likeness (QED) is 0.503. The number of hydrogen-bond acceptors (Lipinski definition) is 10. The van der Waals surface area contributed by atoms with Crippen LogP contribution in [0, 0.1) is 0 Å². The molecule has 126 valence electrons. The Morgan fingerprint density at radius 3 is 2.19 bits per heavy atom. The molecule has 1 heterocycles. The predicted octanol–water partition coefficient (Wildman–Crippen LogP) is -2.07. The minimum absolute atomic E-state index is 0.321. The first-order valence-electron chi connectivity index (χ1n) is 5.71. The van der Waals surface area contributed by atoms with Crippen molar-refractivity contribution in [1.29, 1.82) is 0 Å². The topological polar surface area (TPSA) is 130 Å². The van der Waals surface area contributed by atoms with Gasteiger partial charge in [0.15, 0.2) is 12.4 Å². The van der Waals surface area contributed by atoms with Gasteiger partial charge >= 0.3 is 22.7 Å². The summed E-state index contributed by atoms with van der Waals surface area (Å²) in [5.74, 6) is 0. The van der Waals surface area contributed by atoms with Crippen molar-refractivity contribution in [1.82, 2.24) is 0 Å². The van der Waals surface area contributed by atoms with E-state index in [0.717, 1.165) is 7.11 Å². The van der Waals surface area contributed by atoms with Gasteiger partial charge in [-0.1, -0.05) is 0 Å². The van der Waals surface area contributed by atoms with E-state index >= 15 is 0 Å². The molecule has 0 aromatic carbocycles. The van der Waals surface area contributed by atoms with Crippen LogP contribution in [0.25, 0.3) is 0 Å². The average Bonchev–Trinajstić information content (AvgIpc) is 2.50. The summed E-state index contributed by atoms with van der Waals surface area (Å²) in [5, 5.41) is 19.9. The fourth-order valence-corrected chi connectivity index (χ4v) is 2.44. The summed E-state index contributed by atoms with van der Waals surface area (Å²) < 4.78 is 50.9. The summed E-state index contributed by atoms with van der Waals surface area (Å²) in [6.07, 6.45) is -6.33. The molecule has 21 heavy (non-hydrogen) atoms. The molecular weight excluding hydrogens is 332 g/mol. The first-order valence-corrected chi connectivity index (χ1v) is 7.71. The molecule has 0 aromatic rings. The van der Waals surface area contributed by atoms with E-state index in [-0.39, 0.29) is 6.61 Å². The van der Waals surface area contributed by atoms with Gasteiger partial charge in [-0.25, -0.2) is 0 Å². The van der Waals surface area contributed by atoms with Crippen molar-refractivity contribution >= 4 is 22.7 Å². The van der Waals surface area contributed by atoms with Gasteiger partial charge in [-0.05, 0) is 0 Å². The molecule has 12 heteroatoms. The molecule has 1 aliphatic heterocycles. The van der Waals surface area contributed by atoms with Gasteiger partial charge in [0.25, 0.3) is 0 Å². The Morgan fingerprint density at radius 1 is 1.05 bits per heavy atom. The van der Waals surface area contributed by atoms with Gasteiger partial charge in [0.2, 0.25) is 0 Å². The standard InChI is InChI=1S/C9H18O10S2/c1-14-9-8(19-21(13)16-3)7(11)6(10)5(18-9)4-17-20(12)15-2/h5-11H,4H2,1-3H3. The fourth-order valence-electron chi connectivity index (χ4n) is 1.64. The average molecular weight is 350 g/mol. The van der Waals surface area contributed by atoms with Crippen LogP contribution in [0.4, 0.5) is 0 Å². The number of hydrogen-bond donors (Lipinski definition) is 2. The lowest BCUT2D eigenvalue weighted by atomic mass is 9.99. The van der Waals surface area contributed by atoms with Crippen LogP contribution in [-0.4, -0.2) is 77.3 Å². The Balaban J connectivity index is 2.70. The molecule has 1 rings (SSSR count). The molecule has 0 aliphatic carbocycles. The Morgan fingerprint density at radius 2 is 1.67 bits per heavy atom. The molecule has 0 aromatic heterocycles. The number of methoxy groups -OCH3 is 1. The van der Waals surface area contributed by atoms with E-state index in [9.17, 15) is 18.6 Å². The Hall–Kier alpha value is -0.0200. The third-order valence-corrected chi connectivity index (χ3v) is 3.92. The van der Waals surface area contributed by atoms with E-state index < -0.39 is 53.4 Å². The molecule has 0 radical (unpaired) electrons. The maximum absolute atomic E-state index is 11.2. The summed E-state index contributed by atoms with van der Waals surface area (Å²) in [6.45, 7) is -0.321. The van der Waals surface area contributed by atoms with E-state index in [0.29, 0.717) is 0 Å². The highest BCUT2D eigenvalue weighted by atomic mass is 32.2. The lowest BCUT2D eigenvalue weighted by molar-refractivity contribution is -0.286. The van der Waals surface area contributed by atoms with Crippen LogP contribution in [0.2, 0.25) is 0 Å². The third-order valence-electron chi connectivity index (χ3n) is 2.67. The Bertz CT molecular complexity index is 362. The second kappa shape index (κ2) is 9.19. The molecule has 0 spiro atoms. The first-order chi connectivity index (χ1) is 9.94. The molecule has 7 atom stereocenters. The smallest absolute Gasteiger partial charge is 0.304 e. The van der Waals surface area contributed by atoms with Gasteiger partial charge in [0.05, 0.1) is 20.8 Å². The van der Waals surface area contributed by atoms with Crippen LogP contribution in [0.5, 0.6) is 0 Å². The van der Waals surface area contributed by atoms with E-state index in [1.165, 1.54) is 14.2 Å². The Labute approximate surface area is 127 Å². The monoisotopic (exact) mass is 350 g/mol. The van der Waals surface area contributed by atoms with Crippen molar-refractivity contribution in [3.05, 3.63) is 0 Å². The molecule has 1 aliphatic rings. The summed E-state index contributed by atoms with van der Waals surface area (Å²) in [5.41, 5.74) is 0. The molecule has 10 nitrogen and oxygen atoms in total. The van der Waals surface area contributed by atoms with Gasteiger partial charge in [0, 0.05) is 7.11 Å². The van der Waals surface area contributed by atoms with Crippen molar-refractivity contribution in [3.8, 4) is 0 Å². The number of ether oxygens (including phenoxy) is 2. The van der Waals surface area contributed by atoms with Gasteiger partial charge in [0.1, 0.15) is 18.3 Å². The second-order valence-corrected chi connectivity index (χ2v) is 5.76. The Kier molecular flexibility index (Phi) is 8.33. The maximum atomic E-state index is 11.2. The van der Waals surface area contributed by atoms with Crippen molar-refractivity contribution in [2.24, 2.45) is 0 Å². The zero-order chi connectivity index (χ0) is 16.0. The molecule has 0 amide bonds. The van der Waals surface area contributed by atoms with Crippen LogP contribution in [0.3, 0.4) is 0 Å². The predicted molar refractivity (Wildman–Crippen MR) is 68.8 cm³/mol. The number of aliphatic hydroxyl groups excluding tert-OH is 2. The SMILES string of the molecule is COC1OC(COS(=O)OC)C(O)C(O)C1OS(=O)OC. The molecule has 0 saturated carbocycles. The molecule has 7 unspecified atom stereocenters. The summed E-state index contributed by atoms with van der Waals surface area (Å²) >= 11 is -4.14. The molecule has 1 fully saturated rings. The van der Waals surface area contributed by atoms with Crippen LogP contribution in [0.1, 0.15) is 0 Å².